The molecule has 0 saturated carbocycles. The van der Waals surface area contributed by atoms with E-state index in [-0.39, 0.29) is 30.9 Å². The highest BCUT2D eigenvalue weighted by Crippen LogP contribution is 2.24. The van der Waals surface area contributed by atoms with E-state index in [1.807, 2.05) is 17.5 Å². The summed E-state index contributed by atoms with van der Waals surface area (Å²) in [5.41, 5.74) is 0.00683. The van der Waals surface area contributed by atoms with Crippen LogP contribution in [0.3, 0.4) is 0 Å². The summed E-state index contributed by atoms with van der Waals surface area (Å²) in [7, 11) is 0. The molecule has 26 heavy (non-hydrogen) atoms. The average molecular weight is 380 g/mol. The van der Waals surface area contributed by atoms with Crippen molar-refractivity contribution in [2.24, 2.45) is 0 Å². The molecular weight excluding hydrogens is 362 g/mol. The third-order valence-corrected chi connectivity index (χ3v) is 4.99. The molecule has 1 fully saturated rings. The highest BCUT2D eigenvalue weighted by atomic mass is 32.1. The molecule has 1 aliphatic rings. The van der Waals surface area contributed by atoms with Crippen LogP contribution in [0.2, 0.25) is 0 Å². The SMILES string of the molecule is CC(=O)N1CC(OCC(=O)N(Cc2cccs2)c2ccc(F)cc2F)C1. The Balaban J connectivity index is 1.68. The van der Waals surface area contributed by atoms with E-state index in [1.54, 1.807) is 4.90 Å². The predicted octanol–water partition coefficient (Wildman–Crippen LogP) is 2.81. The van der Waals surface area contributed by atoms with E-state index in [0.717, 1.165) is 17.0 Å². The third-order valence-electron chi connectivity index (χ3n) is 4.13. The Morgan fingerprint density at radius 2 is 2.08 bits per heavy atom. The second-order valence-corrected chi connectivity index (χ2v) is 7.04. The molecule has 0 radical (unpaired) electrons. The molecule has 2 amide bonds. The van der Waals surface area contributed by atoms with Crippen LogP contribution in [0.1, 0.15) is 11.8 Å². The number of benzene rings is 1. The Morgan fingerprint density at radius 3 is 2.69 bits per heavy atom. The summed E-state index contributed by atoms with van der Waals surface area (Å²) in [5.74, 6) is -1.97. The quantitative estimate of drug-likeness (QED) is 0.774. The van der Waals surface area contributed by atoms with Crippen molar-refractivity contribution in [1.29, 1.82) is 0 Å². The number of amides is 2. The van der Waals surface area contributed by atoms with Gasteiger partial charge in [0.15, 0.2) is 0 Å². The zero-order valence-corrected chi connectivity index (χ0v) is 15.0. The summed E-state index contributed by atoms with van der Waals surface area (Å²) in [5, 5.41) is 1.86. The zero-order valence-electron chi connectivity index (χ0n) is 14.2. The molecule has 138 valence electrons. The number of likely N-dealkylation sites (tertiary alicyclic amines) is 1. The number of nitrogens with zero attached hydrogens (tertiary/aromatic N) is 2. The van der Waals surface area contributed by atoms with Crippen LogP contribution in [0.25, 0.3) is 0 Å². The van der Waals surface area contributed by atoms with Crippen molar-refractivity contribution in [3.8, 4) is 0 Å². The van der Waals surface area contributed by atoms with Gasteiger partial charge in [-0.25, -0.2) is 8.78 Å². The van der Waals surface area contributed by atoms with Crippen molar-refractivity contribution in [3.63, 3.8) is 0 Å². The lowest BCUT2D eigenvalue weighted by atomic mass is 10.1. The van der Waals surface area contributed by atoms with Crippen LogP contribution >= 0.6 is 11.3 Å². The van der Waals surface area contributed by atoms with Crippen molar-refractivity contribution in [1.82, 2.24) is 4.90 Å². The molecule has 0 spiro atoms. The maximum Gasteiger partial charge on any atom is 0.253 e. The van der Waals surface area contributed by atoms with E-state index < -0.39 is 17.5 Å². The lowest BCUT2D eigenvalue weighted by Gasteiger charge is -2.38. The fourth-order valence-corrected chi connectivity index (χ4v) is 3.33. The summed E-state index contributed by atoms with van der Waals surface area (Å²) in [4.78, 5) is 27.5. The van der Waals surface area contributed by atoms with Crippen molar-refractivity contribution >= 4 is 28.8 Å². The van der Waals surface area contributed by atoms with E-state index in [9.17, 15) is 18.4 Å². The fraction of sp³-hybridized carbons (Fsp3) is 0.333. The van der Waals surface area contributed by atoms with Crippen LogP contribution in [0.4, 0.5) is 14.5 Å². The number of carbonyl (C=O) groups is 2. The molecule has 0 unspecified atom stereocenters. The molecule has 3 rings (SSSR count). The van der Waals surface area contributed by atoms with Gasteiger partial charge in [0, 0.05) is 31.0 Å². The fourth-order valence-electron chi connectivity index (χ4n) is 2.63. The van der Waals surface area contributed by atoms with Crippen LogP contribution in [0.5, 0.6) is 0 Å². The van der Waals surface area contributed by atoms with Crippen molar-refractivity contribution in [2.45, 2.75) is 19.6 Å². The summed E-state index contributed by atoms with van der Waals surface area (Å²) >= 11 is 1.44. The van der Waals surface area contributed by atoms with Gasteiger partial charge in [-0.2, -0.15) is 0 Å². The molecule has 2 heterocycles. The number of rotatable bonds is 6. The number of halogens is 2. The lowest BCUT2D eigenvalue weighted by Crippen LogP contribution is -2.54. The number of thiophene rings is 1. The number of carbonyl (C=O) groups excluding carboxylic acids is 2. The van der Waals surface area contributed by atoms with Gasteiger partial charge >= 0.3 is 0 Å². The van der Waals surface area contributed by atoms with Gasteiger partial charge in [-0.3, -0.25) is 9.59 Å². The maximum atomic E-state index is 14.2. The molecule has 1 aliphatic heterocycles. The first-order valence-corrected chi connectivity index (χ1v) is 8.97. The van der Waals surface area contributed by atoms with Gasteiger partial charge in [-0.15, -0.1) is 11.3 Å². The summed E-state index contributed by atoms with van der Waals surface area (Å²) in [6.07, 6.45) is -0.204. The predicted molar refractivity (Wildman–Crippen MR) is 93.9 cm³/mol. The normalized spacial score (nSPS) is 14.2. The molecule has 0 N–H and O–H groups in total. The van der Waals surface area contributed by atoms with Gasteiger partial charge < -0.3 is 14.5 Å². The van der Waals surface area contributed by atoms with Crippen molar-refractivity contribution in [2.75, 3.05) is 24.6 Å². The number of ether oxygens (including phenoxy) is 1. The molecule has 0 atom stereocenters. The zero-order chi connectivity index (χ0) is 18.7. The van der Waals surface area contributed by atoms with Crippen LogP contribution in [-0.2, 0) is 20.9 Å². The highest BCUT2D eigenvalue weighted by molar-refractivity contribution is 7.09. The van der Waals surface area contributed by atoms with Gasteiger partial charge in [0.1, 0.15) is 18.2 Å². The first kappa shape index (κ1) is 18.5. The molecule has 2 aromatic rings. The average Bonchev–Trinajstić information content (AvgIpc) is 3.04. The van der Waals surface area contributed by atoms with Gasteiger partial charge in [-0.05, 0) is 23.6 Å². The molecule has 1 saturated heterocycles. The molecule has 0 aliphatic carbocycles. The molecular formula is C18H18F2N2O3S. The Bertz CT molecular complexity index is 792. The van der Waals surface area contributed by atoms with Crippen molar-refractivity contribution in [3.05, 3.63) is 52.2 Å². The topological polar surface area (TPSA) is 49.9 Å². The van der Waals surface area contributed by atoms with Crippen LogP contribution in [0, 0.1) is 11.6 Å². The molecule has 0 bridgehead atoms. The minimum Gasteiger partial charge on any atom is -0.365 e. The van der Waals surface area contributed by atoms with E-state index in [4.69, 9.17) is 4.74 Å². The van der Waals surface area contributed by atoms with E-state index in [0.29, 0.717) is 13.1 Å². The van der Waals surface area contributed by atoms with Gasteiger partial charge in [0.05, 0.1) is 18.3 Å². The second kappa shape index (κ2) is 7.92. The largest absolute Gasteiger partial charge is 0.365 e. The van der Waals surface area contributed by atoms with E-state index >= 15 is 0 Å². The van der Waals surface area contributed by atoms with Crippen molar-refractivity contribution < 1.29 is 23.1 Å². The smallest absolute Gasteiger partial charge is 0.253 e. The maximum absolute atomic E-state index is 14.2. The lowest BCUT2D eigenvalue weighted by molar-refractivity contribution is -0.145. The van der Waals surface area contributed by atoms with E-state index in [2.05, 4.69) is 0 Å². The Labute approximate surface area is 153 Å². The first-order chi connectivity index (χ1) is 12.4. The summed E-state index contributed by atoms with van der Waals surface area (Å²) < 4.78 is 32.9. The summed E-state index contributed by atoms with van der Waals surface area (Å²) in [6.45, 7) is 2.30. The van der Waals surface area contributed by atoms with E-state index in [1.165, 1.54) is 29.2 Å². The molecule has 8 heteroatoms. The Hall–Kier alpha value is -2.32. The Kier molecular flexibility index (Phi) is 5.63. The molecule has 5 nitrogen and oxygen atoms in total. The minimum absolute atomic E-state index is 0.00683. The van der Waals surface area contributed by atoms with Crippen LogP contribution in [-0.4, -0.2) is 42.5 Å². The van der Waals surface area contributed by atoms with Gasteiger partial charge in [0.25, 0.3) is 5.91 Å². The second-order valence-electron chi connectivity index (χ2n) is 6.01. The number of hydrogen-bond acceptors (Lipinski definition) is 4. The third kappa shape index (κ3) is 4.25. The molecule has 1 aromatic carbocycles. The summed E-state index contributed by atoms with van der Waals surface area (Å²) in [6, 6.07) is 6.79. The number of hydrogen-bond donors (Lipinski definition) is 0. The molecule has 1 aromatic heterocycles. The van der Waals surface area contributed by atoms with Crippen LogP contribution < -0.4 is 4.90 Å². The number of anilines is 1. The standard InChI is InChI=1S/C18H18F2N2O3S/c1-12(23)21-8-14(9-21)25-11-18(24)22(10-15-3-2-6-26-15)17-5-4-13(19)7-16(17)20/h2-7,14H,8-11H2,1H3. The van der Waals surface area contributed by atoms with Gasteiger partial charge in [-0.1, -0.05) is 6.07 Å². The first-order valence-electron chi connectivity index (χ1n) is 8.09. The highest BCUT2D eigenvalue weighted by Gasteiger charge is 2.30. The minimum atomic E-state index is -0.804. The monoisotopic (exact) mass is 380 g/mol. The Morgan fingerprint density at radius 1 is 1.31 bits per heavy atom. The van der Waals surface area contributed by atoms with Crippen LogP contribution in [0.15, 0.2) is 35.7 Å². The van der Waals surface area contributed by atoms with Gasteiger partial charge in [0.2, 0.25) is 5.91 Å².